The molecule has 1 aromatic carbocycles. The number of hydrogen-bond donors (Lipinski definition) is 1. The number of piperidine rings is 1. The second-order valence-corrected chi connectivity index (χ2v) is 6.42. The summed E-state index contributed by atoms with van der Waals surface area (Å²) in [5.41, 5.74) is 6.94. The minimum Gasteiger partial charge on any atom is -0.381 e. The van der Waals surface area contributed by atoms with E-state index in [1.165, 1.54) is 0 Å². The molecule has 0 bridgehead atoms. The quantitative estimate of drug-likeness (QED) is 0.719. The molecule has 9 nitrogen and oxygen atoms in total. The molecule has 0 saturated carbocycles. The van der Waals surface area contributed by atoms with Crippen LogP contribution in [0.4, 0.5) is 12.0 Å². The van der Waals surface area contributed by atoms with Gasteiger partial charge in [-0.25, -0.2) is 4.98 Å². The van der Waals surface area contributed by atoms with Gasteiger partial charge in [0.1, 0.15) is 5.82 Å². The van der Waals surface area contributed by atoms with Gasteiger partial charge in [0.15, 0.2) is 0 Å². The van der Waals surface area contributed by atoms with Crippen molar-refractivity contribution in [1.82, 2.24) is 25.1 Å². The van der Waals surface area contributed by atoms with Gasteiger partial charge in [-0.3, -0.25) is 0 Å². The van der Waals surface area contributed by atoms with Gasteiger partial charge in [0.05, 0.1) is 6.10 Å². The van der Waals surface area contributed by atoms with Gasteiger partial charge in [0, 0.05) is 26.6 Å². The largest absolute Gasteiger partial charge is 0.381 e. The Morgan fingerprint density at radius 1 is 1.07 bits per heavy atom. The Hall–Kier alpha value is -3.07. The van der Waals surface area contributed by atoms with Gasteiger partial charge in [-0.15, -0.1) is 0 Å². The van der Waals surface area contributed by atoms with E-state index in [0.717, 1.165) is 31.5 Å². The molecular weight excluding hydrogens is 346 g/mol. The molecule has 0 unspecified atom stereocenters. The van der Waals surface area contributed by atoms with E-state index in [-0.39, 0.29) is 12.1 Å². The molecule has 27 heavy (non-hydrogen) atoms. The Morgan fingerprint density at radius 3 is 2.59 bits per heavy atom. The first-order chi connectivity index (χ1) is 13.2. The van der Waals surface area contributed by atoms with E-state index in [1.54, 1.807) is 7.11 Å². The number of methoxy groups -OCH3 is 1. The summed E-state index contributed by atoms with van der Waals surface area (Å²) < 4.78 is 10.8. The van der Waals surface area contributed by atoms with Crippen molar-refractivity contribution in [3.05, 3.63) is 41.7 Å². The zero-order valence-electron chi connectivity index (χ0n) is 15.1. The molecule has 140 valence electrons. The van der Waals surface area contributed by atoms with E-state index in [0.29, 0.717) is 29.9 Å². The van der Waals surface area contributed by atoms with E-state index in [4.69, 9.17) is 15.0 Å². The van der Waals surface area contributed by atoms with Crippen molar-refractivity contribution in [1.29, 1.82) is 0 Å². The lowest BCUT2D eigenvalue weighted by atomic mass is 10.1. The van der Waals surface area contributed by atoms with Crippen molar-refractivity contribution < 1.29 is 9.26 Å². The molecule has 2 aromatic heterocycles. The molecule has 3 heterocycles. The SMILES string of the molecule is COC1CCN(c2nc(-c3nc(N)nc(Cc4ccccc4)n3)no2)CC1. The summed E-state index contributed by atoms with van der Waals surface area (Å²) in [4.78, 5) is 19.3. The maximum Gasteiger partial charge on any atom is 0.324 e. The van der Waals surface area contributed by atoms with Crippen molar-refractivity contribution in [2.75, 3.05) is 30.8 Å². The smallest absolute Gasteiger partial charge is 0.324 e. The highest BCUT2D eigenvalue weighted by molar-refractivity contribution is 5.47. The first kappa shape index (κ1) is 17.3. The van der Waals surface area contributed by atoms with Crippen LogP contribution in [-0.2, 0) is 11.2 Å². The molecule has 2 N–H and O–H groups in total. The Bertz CT molecular complexity index is 892. The molecule has 0 spiro atoms. The van der Waals surface area contributed by atoms with Crippen LogP contribution in [0.2, 0.25) is 0 Å². The topological polar surface area (TPSA) is 116 Å². The van der Waals surface area contributed by atoms with Crippen molar-refractivity contribution in [3.8, 4) is 11.6 Å². The standard InChI is InChI=1S/C18H21N7O2/c1-26-13-7-9-25(10-8-13)18-23-16(24-27-18)15-20-14(21-17(19)22-15)11-12-5-3-2-4-6-12/h2-6,13H,7-11H2,1H3,(H2,19,20,21,22). The maximum atomic E-state index is 5.86. The van der Waals surface area contributed by atoms with Gasteiger partial charge < -0.3 is 19.9 Å². The number of nitrogens with two attached hydrogens (primary N) is 1. The van der Waals surface area contributed by atoms with Crippen LogP contribution in [0.3, 0.4) is 0 Å². The van der Waals surface area contributed by atoms with Gasteiger partial charge in [0.25, 0.3) is 0 Å². The third kappa shape index (κ3) is 4.03. The number of nitrogens with zero attached hydrogens (tertiary/aromatic N) is 6. The van der Waals surface area contributed by atoms with Crippen LogP contribution in [0, 0.1) is 0 Å². The van der Waals surface area contributed by atoms with Crippen LogP contribution in [0.1, 0.15) is 24.2 Å². The van der Waals surface area contributed by atoms with E-state index in [2.05, 4.69) is 25.1 Å². The van der Waals surface area contributed by atoms with Crippen LogP contribution in [0.5, 0.6) is 0 Å². The number of aromatic nitrogens is 5. The van der Waals surface area contributed by atoms with Gasteiger partial charge in [-0.2, -0.15) is 15.0 Å². The molecule has 0 atom stereocenters. The molecule has 1 aliphatic heterocycles. The fourth-order valence-corrected chi connectivity index (χ4v) is 3.11. The Morgan fingerprint density at radius 2 is 1.85 bits per heavy atom. The number of nitrogen functional groups attached to an aromatic ring is 1. The minimum atomic E-state index is 0.137. The van der Waals surface area contributed by atoms with Crippen molar-refractivity contribution in [3.63, 3.8) is 0 Å². The monoisotopic (exact) mass is 367 g/mol. The van der Waals surface area contributed by atoms with Crippen molar-refractivity contribution in [2.45, 2.75) is 25.4 Å². The zero-order chi connectivity index (χ0) is 18.6. The molecule has 1 aliphatic rings. The number of benzene rings is 1. The fraction of sp³-hybridized carbons (Fsp3) is 0.389. The first-order valence-corrected chi connectivity index (χ1v) is 8.87. The molecule has 1 saturated heterocycles. The summed E-state index contributed by atoms with van der Waals surface area (Å²) in [6.45, 7) is 1.61. The molecule has 0 radical (unpaired) electrons. The molecule has 9 heteroatoms. The fourth-order valence-electron chi connectivity index (χ4n) is 3.11. The zero-order valence-corrected chi connectivity index (χ0v) is 15.1. The summed E-state index contributed by atoms with van der Waals surface area (Å²) in [6, 6.07) is 10.4. The third-order valence-electron chi connectivity index (χ3n) is 4.57. The maximum absolute atomic E-state index is 5.86. The van der Waals surface area contributed by atoms with Crippen molar-refractivity contribution in [2.24, 2.45) is 0 Å². The molecule has 1 fully saturated rings. The van der Waals surface area contributed by atoms with Gasteiger partial charge in [-0.1, -0.05) is 35.5 Å². The van der Waals surface area contributed by atoms with Crippen LogP contribution in [-0.4, -0.2) is 51.4 Å². The Labute approximate surface area is 156 Å². The highest BCUT2D eigenvalue weighted by atomic mass is 16.5. The van der Waals surface area contributed by atoms with Crippen LogP contribution >= 0.6 is 0 Å². The van der Waals surface area contributed by atoms with E-state index in [9.17, 15) is 0 Å². The summed E-state index contributed by atoms with van der Waals surface area (Å²) in [5, 5.41) is 4.02. The van der Waals surface area contributed by atoms with Gasteiger partial charge in [-0.05, 0) is 18.4 Å². The minimum absolute atomic E-state index is 0.137. The highest BCUT2D eigenvalue weighted by Gasteiger charge is 2.24. The number of ether oxygens (including phenoxy) is 1. The summed E-state index contributed by atoms with van der Waals surface area (Å²) in [5.74, 6) is 1.33. The van der Waals surface area contributed by atoms with E-state index < -0.39 is 0 Å². The average molecular weight is 367 g/mol. The second-order valence-electron chi connectivity index (χ2n) is 6.42. The Balaban J connectivity index is 1.53. The predicted octanol–water partition coefficient (Wildman–Crippen LogP) is 1.71. The average Bonchev–Trinajstić information content (AvgIpc) is 3.19. The molecule has 0 aliphatic carbocycles. The molecule has 4 rings (SSSR count). The normalized spacial score (nSPS) is 15.2. The van der Waals surface area contributed by atoms with Crippen LogP contribution in [0.25, 0.3) is 11.6 Å². The lowest BCUT2D eigenvalue weighted by molar-refractivity contribution is 0.0808. The van der Waals surface area contributed by atoms with Crippen LogP contribution in [0.15, 0.2) is 34.9 Å². The first-order valence-electron chi connectivity index (χ1n) is 8.87. The summed E-state index contributed by atoms with van der Waals surface area (Å²) in [6.07, 6.45) is 2.69. The van der Waals surface area contributed by atoms with E-state index in [1.807, 2.05) is 35.2 Å². The number of hydrogen-bond acceptors (Lipinski definition) is 9. The highest BCUT2D eigenvalue weighted by Crippen LogP contribution is 2.22. The van der Waals surface area contributed by atoms with Crippen LogP contribution < -0.4 is 10.6 Å². The van der Waals surface area contributed by atoms with Gasteiger partial charge in [0.2, 0.25) is 17.6 Å². The molecule has 0 amide bonds. The molecular formula is C18H21N7O2. The Kier molecular flexibility index (Phi) is 4.93. The van der Waals surface area contributed by atoms with Crippen molar-refractivity contribution >= 4 is 12.0 Å². The lowest BCUT2D eigenvalue weighted by Crippen LogP contribution is -2.36. The predicted molar refractivity (Wildman–Crippen MR) is 99.0 cm³/mol. The third-order valence-corrected chi connectivity index (χ3v) is 4.57. The summed E-state index contributed by atoms with van der Waals surface area (Å²) in [7, 11) is 1.74. The number of anilines is 2. The second kappa shape index (κ2) is 7.67. The van der Waals surface area contributed by atoms with E-state index >= 15 is 0 Å². The molecule has 3 aromatic rings. The summed E-state index contributed by atoms with van der Waals surface area (Å²) >= 11 is 0. The number of rotatable bonds is 5. The lowest BCUT2D eigenvalue weighted by Gasteiger charge is -2.29. The van der Waals surface area contributed by atoms with Gasteiger partial charge >= 0.3 is 6.01 Å².